The average molecular weight is 403 g/mol. The van der Waals surface area contributed by atoms with E-state index < -0.39 is 15.8 Å². The van der Waals surface area contributed by atoms with Crippen molar-refractivity contribution in [3.8, 4) is 0 Å². The second-order valence-corrected chi connectivity index (χ2v) is 9.54. The van der Waals surface area contributed by atoms with Crippen molar-refractivity contribution in [2.24, 2.45) is 0 Å². The lowest BCUT2D eigenvalue weighted by Crippen LogP contribution is -2.50. The van der Waals surface area contributed by atoms with Crippen molar-refractivity contribution < 1.29 is 17.6 Å². The molecule has 0 N–H and O–H groups in total. The maximum absolute atomic E-state index is 13.0. The number of aryl methyl sites for hydroxylation is 1. The molecule has 3 rings (SSSR count). The Hall–Kier alpha value is -1.48. The molecule has 5 nitrogen and oxygen atoms in total. The van der Waals surface area contributed by atoms with Crippen LogP contribution in [0.15, 0.2) is 34.5 Å². The van der Waals surface area contributed by atoms with Crippen molar-refractivity contribution in [3.05, 3.63) is 51.6 Å². The molecule has 1 aromatic carbocycles. The molecule has 0 saturated carbocycles. The number of amides is 1. The number of sulfonamides is 1. The first kappa shape index (κ1) is 18.3. The Bertz CT molecular complexity index is 869. The van der Waals surface area contributed by atoms with E-state index in [9.17, 15) is 17.6 Å². The summed E-state index contributed by atoms with van der Waals surface area (Å²) in [6, 6.07) is 6.89. The number of halogens is 2. The molecule has 1 aromatic heterocycles. The van der Waals surface area contributed by atoms with Gasteiger partial charge in [0.15, 0.2) is 0 Å². The van der Waals surface area contributed by atoms with Crippen LogP contribution in [-0.2, 0) is 10.0 Å². The number of nitrogens with zero attached hydrogens (tertiary/aromatic N) is 2. The molecule has 0 unspecified atom stereocenters. The number of hydrogen-bond acceptors (Lipinski definition) is 4. The average Bonchev–Trinajstić information content (AvgIpc) is 2.95. The van der Waals surface area contributed by atoms with E-state index in [4.69, 9.17) is 11.6 Å². The van der Waals surface area contributed by atoms with Crippen LogP contribution < -0.4 is 0 Å². The van der Waals surface area contributed by atoms with Crippen molar-refractivity contribution in [2.75, 3.05) is 26.2 Å². The van der Waals surface area contributed by atoms with Crippen LogP contribution in [0.2, 0.25) is 4.34 Å². The highest BCUT2D eigenvalue weighted by atomic mass is 35.5. The largest absolute Gasteiger partial charge is 0.336 e. The standard InChI is InChI=1S/C16H16ClFN2O3S2/c1-11-10-14(24-15(11)17)25(22,23)20-8-6-19(7-9-20)16(21)12-2-4-13(18)5-3-12/h2-5,10H,6-9H2,1H3. The number of hydrogen-bond donors (Lipinski definition) is 0. The fourth-order valence-corrected chi connectivity index (χ4v) is 5.88. The molecule has 1 saturated heterocycles. The first-order valence-electron chi connectivity index (χ1n) is 7.60. The van der Waals surface area contributed by atoms with Crippen LogP contribution in [-0.4, -0.2) is 49.7 Å². The van der Waals surface area contributed by atoms with Crippen molar-refractivity contribution in [3.63, 3.8) is 0 Å². The van der Waals surface area contributed by atoms with E-state index in [0.717, 1.165) is 16.9 Å². The zero-order valence-corrected chi connectivity index (χ0v) is 15.8. The van der Waals surface area contributed by atoms with Gasteiger partial charge in [0, 0.05) is 31.7 Å². The van der Waals surface area contributed by atoms with Gasteiger partial charge in [-0.2, -0.15) is 4.31 Å². The minimum atomic E-state index is -3.60. The maximum Gasteiger partial charge on any atom is 0.253 e. The van der Waals surface area contributed by atoms with Gasteiger partial charge in [0.05, 0.1) is 4.34 Å². The van der Waals surface area contributed by atoms with E-state index >= 15 is 0 Å². The Morgan fingerprint density at radius 1 is 1.16 bits per heavy atom. The molecular formula is C16H16ClFN2O3S2. The molecule has 0 radical (unpaired) electrons. The minimum absolute atomic E-state index is 0.212. The van der Waals surface area contributed by atoms with Crippen LogP contribution >= 0.6 is 22.9 Å². The molecule has 2 heterocycles. The third kappa shape index (κ3) is 3.72. The molecule has 2 aromatic rings. The van der Waals surface area contributed by atoms with E-state index in [1.807, 2.05) is 0 Å². The third-order valence-corrected chi connectivity index (χ3v) is 7.95. The van der Waals surface area contributed by atoms with Crippen molar-refractivity contribution >= 4 is 38.9 Å². The van der Waals surface area contributed by atoms with Crippen molar-refractivity contribution in [2.45, 2.75) is 11.1 Å². The van der Waals surface area contributed by atoms with Crippen molar-refractivity contribution in [1.82, 2.24) is 9.21 Å². The van der Waals surface area contributed by atoms with Crippen LogP contribution in [0.1, 0.15) is 15.9 Å². The molecule has 1 amide bonds. The molecule has 134 valence electrons. The molecule has 0 spiro atoms. The van der Waals surface area contributed by atoms with Crippen LogP contribution in [0.5, 0.6) is 0 Å². The number of carbonyl (C=O) groups excluding carboxylic acids is 1. The smallest absolute Gasteiger partial charge is 0.253 e. The monoisotopic (exact) mass is 402 g/mol. The second-order valence-electron chi connectivity index (χ2n) is 5.73. The summed E-state index contributed by atoms with van der Waals surface area (Å²) >= 11 is 7.01. The van der Waals surface area contributed by atoms with E-state index in [-0.39, 0.29) is 36.3 Å². The SMILES string of the molecule is Cc1cc(S(=O)(=O)N2CCN(C(=O)c3ccc(F)cc3)CC2)sc1Cl. The Morgan fingerprint density at radius 3 is 2.28 bits per heavy atom. The predicted octanol–water partition coefficient (Wildman–Crippen LogP) is 3.00. The lowest BCUT2D eigenvalue weighted by atomic mass is 10.2. The van der Waals surface area contributed by atoms with Gasteiger partial charge in [0.25, 0.3) is 15.9 Å². The topological polar surface area (TPSA) is 57.7 Å². The first-order chi connectivity index (χ1) is 11.8. The summed E-state index contributed by atoms with van der Waals surface area (Å²) in [5, 5.41) is 0. The highest BCUT2D eigenvalue weighted by Crippen LogP contribution is 2.32. The van der Waals surface area contributed by atoms with E-state index in [0.29, 0.717) is 9.90 Å². The van der Waals surface area contributed by atoms with Gasteiger partial charge in [-0.15, -0.1) is 11.3 Å². The van der Waals surface area contributed by atoms with Gasteiger partial charge >= 0.3 is 0 Å². The van der Waals surface area contributed by atoms with Gasteiger partial charge < -0.3 is 4.90 Å². The Labute approximate surface area is 154 Å². The highest BCUT2D eigenvalue weighted by Gasteiger charge is 2.31. The van der Waals surface area contributed by atoms with Gasteiger partial charge in [-0.1, -0.05) is 11.6 Å². The summed E-state index contributed by atoms with van der Waals surface area (Å²) in [6.45, 7) is 2.76. The van der Waals surface area contributed by atoms with Crippen LogP contribution in [0.3, 0.4) is 0 Å². The molecule has 0 atom stereocenters. The first-order valence-corrected chi connectivity index (χ1v) is 10.2. The van der Waals surface area contributed by atoms with Gasteiger partial charge in [-0.05, 0) is 42.8 Å². The Balaban J connectivity index is 1.69. The molecule has 1 fully saturated rings. The van der Waals surface area contributed by atoms with Crippen molar-refractivity contribution in [1.29, 1.82) is 0 Å². The lowest BCUT2D eigenvalue weighted by Gasteiger charge is -2.33. The quantitative estimate of drug-likeness (QED) is 0.793. The summed E-state index contributed by atoms with van der Waals surface area (Å²) in [5.74, 6) is -0.635. The highest BCUT2D eigenvalue weighted by molar-refractivity contribution is 7.91. The predicted molar refractivity (Wildman–Crippen MR) is 95.1 cm³/mol. The third-order valence-electron chi connectivity index (χ3n) is 4.05. The minimum Gasteiger partial charge on any atom is -0.336 e. The summed E-state index contributed by atoms with van der Waals surface area (Å²) in [4.78, 5) is 14.0. The molecule has 0 bridgehead atoms. The van der Waals surface area contributed by atoms with Crippen LogP contribution in [0, 0.1) is 12.7 Å². The molecular weight excluding hydrogens is 387 g/mol. The summed E-state index contributed by atoms with van der Waals surface area (Å²) in [5.41, 5.74) is 1.12. The number of thiophene rings is 1. The lowest BCUT2D eigenvalue weighted by molar-refractivity contribution is 0.0698. The fourth-order valence-electron chi connectivity index (χ4n) is 2.59. The molecule has 9 heteroatoms. The zero-order valence-electron chi connectivity index (χ0n) is 13.4. The number of piperazine rings is 1. The molecule has 25 heavy (non-hydrogen) atoms. The number of benzene rings is 1. The van der Waals surface area contributed by atoms with Gasteiger partial charge in [0.2, 0.25) is 0 Å². The summed E-state index contributed by atoms with van der Waals surface area (Å²) in [7, 11) is -3.60. The Kier molecular flexibility index (Phi) is 5.15. The van der Waals surface area contributed by atoms with Crippen LogP contribution in [0.25, 0.3) is 0 Å². The second kappa shape index (κ2) is 7.03. The van der Waals surface area contributed by atoms with Gasteiger partial charge in [-0.25, -0.2) is 12.8 Å². The van der Waals surface area contributed by atoms with Gasteiger partial charge in [0.1, 0.15) is 10.0 Å². The van der Waals surface area contributed by atoms with Gasteiger partial charge in [-0.3, -0.25) is 4.79 Å². The number of carbonyl (C=O) groups is 1. The zero-order chi connectivity index (χ0) is 18.2. The molecule has 1 aliphatic rings. The summed E-state index contributed by atoms with van der Waals surface area (Å²) < 4.78 is 40.3. The Morgan fingerprint density at radius 2 is 1.76 bits per heavy atom. The molecule has 0 aliphatic carbocycles. The maximum atomic E-state index is 13.0. The van der Waals surface area contributed by atoms with E-state index in [1.54, 1.807) is 17.9 Å². The normalized spacial score (nSPS) is 16.2. The number of rotatable bonds is 3. The van der Waals surface area contributed by atoms with Crippen LogP contribution in [0.4, 0.5) is 4.39 Å². The fraction of sp³-hybridized carbons (Fsp3) is 0.312. The summed E-state index contributed by atoms with van der Waals surface area (Å²) in [6.07, 6.45) is 0. The van der Waals surface area contributed by atoms with E-state index in [1.165, 1.54) is 28.6 Å². The van der Waals surface area contributed by atoms with E-state index in [2.05, 4.69) is 0 Å². The molecule has 1 aliphatic heterocycles.